The van der Waals surface area contributed by atoms with Gasteiger partial charge < -0.3 is 10.4 Å². The van der Waals surface area contributed by atoms with Gasteiger partial charge >= 0.3 is 5.97 Å². The first-order valence-corrected chi connectivity index (χ1v) is 8.44. The van der Waals surface area contributed by atoms with Gasteiger partial charge in [-0.15, -0.1) is 11.3 Å². The number of thiophene rings is 1. The Morgan fingerprint density at radius 1 is 1.43 bits per heavy atom. The minimum atomic E-state index is -1.05. The standard InChI is InChI=1S/C14H14FNO3S2/c1-20-5-4-10(14(18)19)16-13(17)12-6-8-2-3-9(15)7-11(8)21-12/h2-3,6-7,10H,4-5H2,1H3,(H,16,17)(H,18,19)/t10-/m1/s1. The van der Waals surface area contributed by atoms with Gasteiger partial charge in [0.1, 0.15) is 11.9 Å². The van der Waals surface area contributed by atoms with Crippen LogP contribution in [0.1, 0.15) is 16.1 Å². The smallest absolute Gasteiger partial charge is 0.326 e. The Kier molecular flexibility index (Phi) is 5.19. The van der Waals surface area contributed by atoms with Crippen LogP contribution in [0, 0.1) is 5.82 Å². The number of benzene rings is 1. The van der Waals surface area contributed by atoms with Crippen LogP contribution in [0.4, 0.5) is 4.39 Å². The van der Waals surface area contributed by atoms with E-state index in [1.54, 1.807) is 12.1 Å². The van der Waals surface area contributed by atoms with E-state index in [0.29, 0.717) is 21.8 Å². The third kappa shape index (κ3) is 3.95. The summed E-state index contributed by atoms with van der Waals surface area (Å²) in [5.41, 5.74) is 0. The maximum atomic E-state index is 13.1. The van der Waals surface area contributed by atoms with Gasteiger partial charge in [-0.3, -0.25) is 4.79 Å². The van der Waals surface area contributed by atoms with E-state index in [4.69, 9.17) is 5.11 Å². The number of amides is 1. The molecule has 0 aliphatic carbocycles. The Morgan fingerprint density at radius 2 is 2.19 bits per heavy atom. The molecule has 0 saturated carbocycles. The zero-order chi connectivity index (χ0) is 15.4. The lowest BCUT2D eigenvalue weighted by Gasteiger charge is -2.12. The number of nitrogens with one attached hydrogen (secondary N) is 1. The Balaban J connectivity index is 2.15. The highest BCUT2D eigenvalue weighted by Gasteiger charge is 2.21. The Bertz CT molecular complexity index is 671. The molecule has 112 valence electrons. The molecule has 0 radical (unpaired) electrons. The Labute approximate surface area is 129 Å². The van der Waals surface area contributed by atoms with Crippen molar-refractivity contribution < 1.29 is 19.1 Å². The number of thioether (sulfide) groups is 1. The van der Waals surface area contributed by atoms with Crippen LogP contribution in [0.5, 0.6) is 0 Å². The number of fused-ring (bicyclic) bond motifs is 1. The fourth-order valence-corrected chi connectivity index (χ4v) is 3.30. The number of carboxylic acid groups (broad SMARTS) is 1. The zero-order valence-corrected chi connectivity index (χ0v) is 12.9. The molecule has 1 heterocycles. The number of carboxylic acids is 1. The number of rotatable bonds is 6. The molecule has 2 aromatic rings. The molecule has 0 aliphatic heterocycles. The van der Waals surface area contributed by atoms with E-state index in [-0.39, 0.29) is 5.82 Å². The molecular formula is C14H14FNO3S2. The Hall–Kier alpha value is -1.60. The topological polar surface area (TPSA) is 66.4 Å². The predicted molar refractivity (Wildman–Crippen MR) is 83.7 cm³/mol. The van der Waals surface area contributed by atoms with Gasteiger partial charge in [-0.2, -0.15) is 11.8 Å². The van der Waals surface area contributed by atoms with Crippen molar-refractivity contribution >= 4 is 45.1 Å². The van der Waals surface area contributed by atoms with Crippen molar-refractivity contribution in [3.8, 4) is 0 Å². The first-order valence-electron chi connectivity index (χ1n) is 6.23. The number of carbonyl (C=O) groups excluding carboxylic acids is 1. The fourth-order valence-electron chi connectivity index (χ4n) is 1.84. The summed E-state index contributed by atoms with van der Waals surface area (Å²) in [6.07, 6.45) is 2.24. The summed E-state index contributed by atoms with van der Waals surface area (Å²) >= 11 is 2.67. The number of hydrogen-bond acceptors (Lipinski definition) is 4. The highest BCUT2D eigenvalue weighted by Crippen LogP contribution is 2.26. The van der Waals surface area contributed by atoms with Gasteiger partial charge in [0.15, 0.2) is 0 Å². The average molecular weight is 327 g/mol. The molecule has 7 heteroatoms. The summed E-state index contributed by atoms with van der Waals surface area (Å²) in [6.45, 7) is 0. The number of hydrogen-bond donors (Lipinski definition) is 2. The quantitative estimate of drug-likeness (QED) is 0.856. The molecule has 0 spiro atoms. The van der Waals surface area contributed by atoms with Gasteiger partial charge in [0.05, 0.1) is 4.88 Å². The molecule has 1 aromatic heterocycles. The van der Waals surface area contributed by atoms with E-state index in [2.05, 4.69) is 5.32 Å². The molecule has 0 saturated heterocycles. The van der Waals surface area contributed by atoms with E-state index >= 15 is 0 Å². The zero-order valence-electron chi connectivity index (χ0n) is 11.3. The molecule has 21 heavy (non-hydrogen) atoms. The molecule has 4 nitrogen and oxygen atoms in total. The van der Waals surface area contributed by atoms with Crippen LogP contribution in [0.3, 0.4) is 0 Å². The molecule has 0 aliphatic rings. The van der Waals surface area contributed by atoms with E-state index in [9.17, 15) is 14.0 Å². The van der Waals surface area contributed by atoms with Crippen molar-refractivity contribution in [2.45, 2.75) is 12.5 Å². The van der Waals surface area contributed by atoms with E-state index in [1.165, 1.54) is 23.9 Å². The molecule has 1 amide bonds. The van der Waals surface area contributed by atoms with Crippen LogP contribution < -0.4 is 5.32 Å². The summed E-state index contributed by atoms with van der Waals surface area (Å²) < 4.78 is 13.8. The van der Waals surface area contributed by atoms with Crippen LogP contribution >= 0.6 is 23.1 Å². The van der Waals surface area contributed by atoms with Crippen LogP contribution in [-0.4, -0.2) is 35.0 Å². The minimum Gasteiger partial charge on any atom is -0.480 e. The second kappa shape index (κ2) is 6.91. The van der Waals surface area contributed by atoms with Crippen LogP contribution in [0.2, 0.25) is 0 Å². The van der Waals surface area contributed by atoms with Crippen LogP contribution in [0.25, 0.3) is 10.1 Å². The predicted octanol–water partition coefficient (Wildman–Crippen LogP) is 2.98. The monoisotopic (exact) mass is 327 g/mol. The van der Waals surface area contributed by atoms with Crippen LogP contribution in [-0.2, 0) is 4.79 Å². The summed E-state index contributed by atoms with van der Waals surface area (Å²) in [4.78, 5) is 23.6. The third-order valence-corrected chi connectivity index (χ3v) is 4.66. The number of carbonyl (C=O) groups is 2. The molecular weight excluding hydrogens is 313 g/mol. The van der Waals surface area contributed by atoms with Gasteiger partial charge in [0.2, 0.25) is 0 Å². The van der Waals surface area contributed by atoms with Gasteiger partial charge in [-0.1, -0.05) is 6.07 Å². The maximum Gasteiger partial charge on any atom is 0.326 e. The number of aliphatic carboxylic acids is 1. The largest absolute Gasteiger partial charge is 0.480 e. The third-order valence-electron chi connectivity index (χ3n) is 2.92. The summed E-state index contributed by atoms with van der Waals surface area (Å²) in [5.74, 6) is -1.20. The van der Waals surface area contributed by atoms with Gasteiger partial charge in [0, 0.05) is 4.70 Å². The summed E-state index contributed by atoms with van der Waals surface area (Å²) in [6, 6.07) is 5.02. The second-order valence-electron chi connectivity index (χ2n) is 4.44. The maximum absolute atomic E-state index is 13.1. The summed E-state index contributed by atoms with van der Waals surface area (Å²) in [7, 11) is 0. The van der Waals surface area contributed by atoms with Crippen LogP contribution in [0.15, 0.2) is 24.3 Å². The molecule has 1 aromatic carbocycles. The fraction of sp³-hybridized carbons (Fsp3) is 0.286. The lowest BCUT2D eigenvalue weighted by molar-refractivity contribution is -0.139. The van der Waals surface area contributed by atoms with Crippen molar-refractivity contribution in [2.24, 2.45) is 0 Å². The molecule has 0 unspecified atom stereocenters. The van der Waals surface area contributed by atoms with E-state index in [0.717, 1.165) is 16.7 Å². The molecule has 2 N–H and O–H groups in total. The first kappa shape index (κ1) is 15.8. The van der Waals surface area contributed by atoms with E-state index < -0.39 is 17.9 Å². The lowest BCUT2D eigenvalue weighted by Crippen LogP contribution is -2.40. The minimum absolute atomic E-state index is 0.361. The van der Waals surface area contributed by atoms with Gasteiger partial charge in [0.25, 0.3) is 5.91 Å². The SMILES string of the molecule is CSCC[C@@H](NC(=O)c1cc2ccc(F)cc2s1)C(=O)O. The normalized spacial score (nSPS) is 12.3. The highest BCUT2D eigenvalue weighted by molar-refractivity contribution is 7.98. The van der Waals surface area contributed by atoms with Gasteiger partial charge in [-0.05, 0) is 42.0 Å². The van der Waals surface area contributed by atoms with Crippen molar-refractivity contribution in [2.75, 3.05) is 12.0 Å². The summed E-state index contributed by atoms with van der Waals surface area (Å²) in [5, 5.41) is 12.4. The molecule has 0 bridgehead atoms. The van der Waals surface area contributed by atoms with Crippen molar-refractivity contribution in [1.29, 1.82) is 0 Å². The van der Waals surface area contributed by atoms with Gasteiger partial charge in [-0.25, -0.2) is 9.18 Å². The highest BCUT2D eigenvalue weighted by atomic mass is 32.2. The molecule has 0 fully saturated rings. The van der Waals surface area contributed by atoms with E-state index in [1.807, 2.05) is 6.26 Å². The van der Waals surface area contributed by atoms with Crippen molar-refractivity contribution in [3.63, 3.8) is 0 Å². The van der Waals surface area contributed by atoms with Crippen molar-refractivity contribution in [3.05, 3.63) is 35.0 Å². The van der Waals surface area contributed by atoms with Crippen molar-refractivity contribution in [1.82, 2.24) is 5.32 Å². The average Bonchev–Trinajstić information content (AvgIpc) is 2.85. The Morgan fingerprint density at radius 3 is 2.86 bits per heavy atom. The second-order valence-corrected chi connectivity index (χ2v) is 6.51. The number of halogens is 1. The lowest BCUT2D eigenvalue weighted by atomic mass is 10.2. The first-order chi connectivity index (χ1) is 10.0. The molecule has 1 atom stereocenters. The molecule has 2 rings (SSSR count).